The van der Waals surface area contributed by atoms with Gasteiger partial charge in [0, 0.05) is 5.92 Å². The molecule has 4 rings (SSSR count). The van der Waals surface area contributed by atoms with E-state index in [0.717, 1.165) is 28.7 Å². The van der Waals surface area contributed by atoms with Crippen molar-refractivity contribution in [3.63, 3.8) is 0 Å². The third-order valence-corrected chi connectivity index (χ3v) is 8.25. The molecule has 0 unspecified atom stereocenters. The normalized spacial score (nSPS) is 15.1. The van der Waals surface area contributed by atoms with Crippen molar-refractivity contribution in [1.29, 1.82) is 0 Å². The Labute approximate surface area is 214 Å². The summed E-state index contributed by atoms with van der Waals surface area (Å²) < 4.78 is 30.3. The van der Waals surface area contributed by atoms with Gasteiger partial charge in [0.1, 0.15) is 0 Å². The second-order valence-corrected chi connectivity index (χ2v) is 10.9. The summed E-state index contributed by atoms with van der Waals surface area (Å²) >= 11 is 0. The van der Waals surface area contributed by atoms with E-state index in [1.54, 1.807) is 24.3 Å². The number of aryl methyl sites for hydroxylation is 1. The minimum atomic E-state index is -3.87. The van der Waals surface area contributed by atoms with Gasteiger partial charge >= 0.3 is 0 Å². The molecule has 0 aliphatic carbocycles. The molecular weight excluding hydrogens is 466 g/mol. The van der Waals surface area contributed by atoms with Crippen molar-refractivity contribution in [2.75, 3.05) is 0 Å². The molecule has 4 aromatic rings. The van der Waals surface area contributed by atoms with Crippen molar-refractivity contribution in [2.45, 2.75) is 43.2 Å². The number of aliphatic hydroxyl groups is 1. The first-order valence-electron chi connectivity index (χ1n) is 12.3. The van der Waals surface area contributed by atoms with Gasteiger partial charge < -0.3 is 5.11 Å². The second-order valence-electron chi connectivity index (χ2n) is 9.18. The van der Waals surface area contributed by atoms with E-state index < -0.39 is 28.1 Å². The summed E-state index contributed by atoms with van der Waals surface area (Å²) in [5.41, 5.74) is 3.62. The van der Waals surface area contributed by atoms with Gasteiger partial charge in [-0.1, -0.05) is 116 Å². The molecule has 5 heteroatoms. The zero-order valence-electron chi connectivity index (χ0n) is 20.7. The molecule has 0 spiro atoms. The summed E-state index contributed by atoms with van der Waals surface area (Å²) in [6.45, 7) is 4.01. The molecule has 0 saturated carbocycles. The van der Waals surface area contributed by atoms with Crippen molar-refractivity contribution in [2.24, 2.45) is 5.92 Å². The van der Waals surface area contributed by atoms with Crippen LogP contribution in [-0.4, -0.2) is 13.5 Å². The molecular formula is C31H33NO3S. The van der Waals surface area contributed by atoms with Gasteiger partial charge in [-0.2, -0.15) is 0 Å². The van der Waals surface area contributed by atoms with Gasteiger partial charge in [0.2, 0.25) is 10.0 Å². The zero-order valence-corrected chi connectivity index (χ0v) is 21.5. The lowest BCUT2D eigenvalue weighted by Crippen LogP contribution is -2.38. The molecule has 2 N–H and O–H groups in total. The number of nitrogens with one attached hydrogen (secondary N) is 1. The minimum absolute atomic E-state index is 0.104. The van der Waals surface area contributed by atoms with E-state index in [9.17, 15) is 13.5 Å². The molecule has 0 saturated heterocycles. The van der Waals surface area contributed by atoms with E-state index in [1.165, 1.54) is 0 Å². The van der Waals surface area contributed by atoms with Gasteiger partial charge in [0.05, 0.1) is 17.0 Å². The Bertz CT molecular complexity index is 1330. The van der Waals surface area contributed by atoms with Gasteiger partial charge in [-0.05, 0) is 48.1 Å². The standard InChI is InChI=1S/C31H33NO3S/c1-3-28(24-13-7-4-8-14-24)29(31(33)26-17-11-6-12-18-26)30(25-15-9-5-10-16-25)32-36(34,35)27-21-19-23(2)20-22-27/h4-22,28-33H,3H2,1-2H3/t28-,29-,30-,31-/m1/s1. The average molecular weight is 500 g/mol. The number of aliphatic hydroxyl groups excluding tert-OH is 1. The number of hydrogen-bond donors (Lipinski definition) is 2. The Morgan fingerprint density at radius 3 is 1.67 bits per heavy atom. The Morgan fingerprint density at radius 2 is 1.17 bits per heavy atom. The molecule has 0 aliphatic heterocycles. The quantitative estimate of drug-likeness (QED) is 0.260. The molecule has 0 amide bonds. The van der Waals surface area contributed by atoms with Crippen LogP contribution in [0, 0.1) is 12.8 Å². The Morgan fingerprint density at radius 1 is 0.694 bits per heavy atom. The van der Waals surface area contributed by atoms with Crippen LogP contribution in [0.5, 0.6) is 0 Å². The van der Waals surface area contributed by atoms with Crippen molar-refractivity contribution < 1.29 is 13.5 Å². The molecule has 36 heavy (non-hydrogen) atoms. The molecule has 186 valence electrons. The summed E-state index contributed by atoms with van der Waals surface area (Å²) in [5, 5.41) is 11.8. The molecule has 4 aromatic carbocycles. The number of hydrogen-bond acceptors (Lipinski definition) is 3. The van der Waals surface area contributed by atoms with Gasteiger partial charge in [-0.25, -0.2) is 13.1 Å². The monoisotopic (exact) mass is 499 g/mol. The lowest BCUT2D eigenvalue weighted by Gasteiger charge is -2.38. The average Bonchev–Trinajstić information content (AvgIpc) is 2.92. The highest BCUT2D eigenvalue weighted by molar-refractivity contribution is 7.89. The van der Waals surface area contributed by atoms with E-state index in [1.807, 2.05) is 85.8 Å². The SMILES string of the molecule is CC[C@H](c1ccccc1)[C@@H]([C@H](O)c1ccccc1)[C@H](NS(=O)(=O)c1ccc(C)cc1)c1ccccc1. The molecule has 0 aliphatic rings. The van der Waals surface area contributed by atoms with Crippen LogP contribution in [0.15, 0.2) is 120 Å². The molecule has 4 nitrogen and oxygen atoms in total. The lowest BCUT2D eigenvalue weighted by molar-refractivity contribution is 0.0698. The maximum atomic E-state index is 13.6. The molecule has 0 fully saturated rings. The maximum absolute atomic E-state index is 13.6. The fraction of sp³-hybridized carbons (Fsp3) is 0.226. The first-order valence-corrected chi connectivity index (χ1v) is 13.8. The van der Waals surface area contributed by atoms with Gasteiger partial charge in [0.25, 0.3) is 0 Å². The third-order valence-electron chi connectivity index (χ3n) is 6.79. The van der Waals surface area contributed by atoms with Gasteiger partial charge in [-0.15, -0.1) is 0 Å². The van der Waals surface area contributed by atoms with Crippen molar-refractivity contribution in [3.8, 4) is 0 Å². The van der Waals surface area contributed by atoms with E-state index >= 15 is 0 Å². The first kappa shape index (κ1) is 25.8. The minimum Gasteiger partial charge on any atom is -0.388 e. The van der Waals surface area contributed by atoms with E-state index in [-0.39, 0.29) is 10.8 Å². The summed E-state index contributed by atoms with van der Waals surface area (Å²) in [6.07, 6.45) is -0.170. The maximum Gasteiger partial charge on any atom is 0.241 e. The fourth-order valence-corrected chi connectivity index (χ4v) is 6.18. The lowest BCUT2D eigenvalue weighted by atomic mass is 9.73. The van der Waals surface area contributed by atoms with E-state index in [2.05, 4.69) is 23.8 Å². The van der Waals surface area contributed by atoms with Crippen LogP contribution in [-0.2, 0) is 10.0 Å². The van der Waals surface area contributed by atoms with E-state index in [0.29, 0.717) is 0 Å². The van der Waals surface area contributed by atoms with Crippen molar-refractivity contribution in [1.82, 2.24) is 4.72 Å². The number of sulfonamides is 1. The number of rotatable bonds is 10. The predicted molar refractivity (Wildman–Crippen MR) is 145 cm³/mol. The van der Waals surface area contributed by atoms with Gasteiger partial charge in [-0.3, -0.25) is 0 Å². The molecule has 0 aromatic heterocycles. The molecule has 0 radical (unpaired) electrons. The van der Waals surface area contributed by atoms with Crippen molar-refractivity contribution >= 4 is 10.0 Å². The van der Waals surface area contributed by atoms with E-state index in [4.69, 9.17) is 0 Å². The largest absolute Gasteiger partial charge is 0.388 e. The molecule has 4 atom stereocenters. The number of benzene rings is 4. The first-order chi connectivity index (χ1) is 17.4. The molecule has 0 heterocycles. The highest BCUT2D eigenvalue weighted by Gasteiger charge is 2.39. The van der Waals surface area contributed by atoms with Crippen LogP contribution in [0.1, 0.15) is 53.7 Å². The van der Waals surface area contributed by atoms with Crippen LogP contribution in [0.2, 0.25) is 0 Å². The highest BCUT2D eigenvalue weighted by atomic mass is 32.2. The summed E-state index contributed by atoms with van der Waals surface area (Å²) in [7, 11) is -3.87. The van der Waals surface area contributed by atoms with Crippen LogP contribution in [0.4, 0.5) is 0 Å². The van der Waals surface area contributed by atoms with Gasteiger partial charge in [0.15, 0.2) is 0 Å². The van der Waals surface area contributed by atoms with Crippen molar-refractivity contribution in [3.05, 3.63) is 138 Å². The summed E-state index contributed by atoms with van der Waals surface area (Å²) in [5.74, 6) is -0.574. The topological polar surface area (TPSA) is 66.4 Å². The predicted octanol–water partition coefficient (Wildman–Crippen LogP) is 6.56. The summed E-state index contributed by atoms with van der Waals surface area (Å²) in [6, 6.07) is 35.2. The second kappa shape index (κ2) is 11.7. The Kier molecular flexibility index (Phi) is 8.36. The summed E-state index contributed by atoms with van der Waals surface area (Å²) in [4.78, 5) is 0.203. The highest BCUT2D eigenvalue weighted by Crippen LogP contribution is 2.45. The smallest absolute Gasteiger partial charge is 0.241 e. The Balaban J connectivity index is 1.86. The zero-order chi connectivity index (χ0) is 25.5. The van der Waals surface area contributed by atoms with Crippen LogP contribution < -0.4 is 4.72 Å². The molecule has 0 bridgehead atoms. The third kappa shape index (κ3) is 5.93. The Hall–Kier alpha value is -3.25. The van der Waals surface area contributed by atoms with Crippen LogP contribution in [0.25, 0.3) is 0 Å². The fourth-order valence-electron chi connectivity index (χ4n) is 4.92. The van der Waals surface area contributed by atoms with Crippen LogP contribution in [0.3, 0.4) is 0 Å². The van der Waals surface area contributed by atoms with Crippen LogP contribution >= 0.6 is 0 Å².